The van der Waals surface area contributed by atoms with Crippen LogP contribution in [-0.2, 0) is 4.74 Å². The molecule has 1 aliphatic heterocycles. The molecule has 0 aromatic carbocycles. The van der Waals surface area contributed by atoms with Crippen molar-refractivity contribution in [3.05, 3.63) is 0 Å². The molecule has 6 nitrogen and oxygen atoms in total. The van der Waals surface area contributed by atoms with E-state index in [4.69, 9.17) is 15.9 Å². The van der Waals surface area contributed by atoms with Crippen LogP contribution in [0.4, 0.5) is 4.79 Å². The fraction of sp³-hybridized carbons (Fsp3) is 0.778. The lowest BCUT2D eigenvalue weighted by molar-refractivity contribution is 0.188. The normalized spacial score (nSPS) is 19.9. The summed E-state index contributed by atoms with van der Waals surface area (Å²) in [5.41, 5.74) is 5.18. The van der Waals surface area contributed by atoms with E-state index in [-0.39, 0.29) is 17.9 Å². The lowest BCUT2D eigenvalue weighted by atomic mass is 10.3. The van der Waals surface area contributed by atoms with Gasteiger partial charge in [0.1, 0.15) is 0 Å². The number of amidine groups is 1. The number of nitrogens with one attached hydrogen (secondary N) is 3. The fourth-order valence-electron chi connectivity index (χ4n) is 1.37. The number of amides is 2. The van der Waals surface area contributed by atoms with E-state index in [2.05, 4.69) is 10.6 Å². The van der Waals surface area contributed by atoms with E-state index in [1.165, 1.54) is 0 Å². The van der Waals surface area contributed by atoms with E-state index >= 15 is 0 Å². The third kappa shape index (κ3) is 5.21. The number of rotatable bonds is 5. The zero-order valence-electron chi connectivity index (χ0n) is 8.71. The van der Waals surface area contributed by atoms with Gasteiger partial charge in [-0.15, -0.1) is 0 Å². The quantitative estimate of drug-likeness (QED) is 0.289. The highest BCUT2D eigenvalue weighted by Gasteiger charge is 2.16. The van der Waals surface area contributed by atoms with Crippen molar-refractivity contribution in [2.75, 3.05) is 19.8 Å². The van der Waals surface area contributed by atoms with Gasteiger partial charge < -0.3 is 21.1 Å². The minimum atomic E-state index is -0.172. The van der Waals surface area contributed by atoms with E-state index < -0.39 is 0 Å². The molecule has 2 amide bonds. The number of hydrogen-bond donors (Lipinski definition) is 4. The summed E-state index contributed by atoms with van der Waals surface area (Å²) in [6, 6.07) is -0.0353. The van der Waals surface area contributed by atoms with Crippen LogP contribution in [0.1, 0.15) is 19.3 Å². The molecule has 1 saturated heterocycles. The molecule has 15 heavy (non-hydrogen) atoms. The van der Waals surface area contributed by atoms with Gasteiger partial charge in [-0.3, -0.25) is 5.41 Å². The molecule has 0 aromatic heterocycles. The molecule has 6 heteroatoms. The number of ether oxygens (including phenoxy) is 1. The highest BCUT2D eigenvalue weighted by atomic mass is 16.5. The molecule has 1 rings (SSSR count). The first-order valence-electron chi connectivity index (χ1n) is 5.13. The molecule has 1 heterocycles. The second-order valence-corrected chi connectivity index (χ2v) is 3.59. The van der Waals surface area contributed by atoms with Crippen molar-refractivity contribution in [3.8, 4) is 0 Å². The Morgan fingerprint density at radius 3 is 3.00 bits per heavy atom. The fourth-order valence-corrected chi connectivity index (χ4v) is 1.37. The molecule has 1 aliphatic rings. The van der Waals surface area contributed by atoms with Gasteiger partial charge in [0.15, 0.2) is 0 Å². The van der Waals surface area contributed by atoms with Gasteiger partial charge in [-0.2, -0.15) is 0 Å². The maximum atomic E-state index is 11.3. The molecule has 0 aromatic rings. The van der Waals surface area contributed by atoms with Crippen LogP contribution in [0.25, 0.3) is 0 Å². The Bertz CT molecular complexity index is 226. The van der Waals surface area contributed by atoms with E-state index in [9.17, 15) is 4.79 Å². The summed E-state index contributed by atoms with van der Waals surface area (Å²) in [4.78, 5) is 11.3. The zero-order chi connectivity index (χ0) is 11.1. The molecule has 0 saturated carbocycles. The smallest absolute Gasteiger partial charge is 0.315 e. The van der Waals surface area contributed by atoms with Crippen LogP contribution in [0, 0.1) is 5.41 Å². The molecule has 1 fully saturated rings. The van der Waals surface area contributed by atoms with Gasteiger partial charge in [0.25, 0.3) is 0 Å². The maximum absolute atomic E-state index is 11.3. The first-order chi connectivity index (χ1) is 7.18. The number of carbonyl (C=O) groups is 1. The summed E-state index contributed by atoms with van der Waals surface area (Å²) in [6.45, 7) is 1.86. The van der Waals surface area contributed by atoms with Crippen LogP contribution in [0.2, 0.25) is 0 Å². The van der Waals surface area contributed by atoms with Gasteiger partial charge in [0.05, 0.1) is 18.5 Å². The van der Waals surface area contributed by atoms with Crippen molar-refractivity contribution in [2.45, 2.75) is 25.3 Å². The second kappa shape index (κ2) is 6.23. The molecular formula is C9H18N4O2. The van der Waals surface area contributed by atoms with Crippen molar-refractivity contribution in [2.24, 2.45) is 5.73 Å². The van der Waals surface area contributed by atoms with Crippen molar-refractivity contribution < 1.29 is 9.53 Å². The average molecular weight is 214 g/mol. The topological polar surface area (TPSA) is 100 Å². The van der Waals surface area contributed by atoms with Crippen LogP contribution in [0.3, 0.4) is 0 Å². The van der Waals surface area contributed by atoms with Crippen LogP contribution < -0.4 is 16.4 Å². The number of urea groups is 1. The van der Waals surface area contributed by atoms with E-state index in [0.29, 0.717) is 26.0 Å². The first-order valence-corrected chi connectivity index (χ1v) is 5.13. The minimum Gasteiger partial charge on any atom is -0.388 e. The van der Waals surface area contributed by atoms with Crippen molar-refractivity contribution in [1.29, 1.82) is 5.41 Å². The van der Waals surface area contributed by atoms with Gasteiger partial charge in [-0.1, -0.05) is 0 Å². The summed E-state index contributed by atoms with van der Waals surface area (Å²) in [7, 11) is 0. The Balaban J connectivity index is 2.00. The summed E-state index contributed by atoms with van der Waals surface area (Å²) >= 11 is 0. The van der Waals surface area contributed by atoms with Crippen LogP contribution in [0.15, 0.2) is 0 Å². The van der Waals surface area contributed by atoms with Crippen molar-refractivity contribution >= 4 is 11.9 Å². The van der Waals surface area contributed by atoms with E-state index in [1.807, 2.05) is 0 Å². The molecule has 0 spiro atoms. The van der Waals surface area contributed by atoms with Crippen LogP contribution in [-0.4, -0.2) is 37.7 Å². The van der Waals surface area contributed by atoms with E-state index in [0.717, 1.165) is 13.0 Å². The van der Waals surface area contributed by atoms with Crippen LogP contribution in [0.5, 0.6) is 0 Å². The third-order valence-corrected chi connectivity index (χ3v) is 2.17. The minimum absolute atomic E-state index is 0.137. The SMILES string of the molecule is N=C(N)CCCNC(=O)NC1CCOC1. The standard InChI is InChI=1S/C9H18N4O2/c10-8(11)2-1-4-12-9(14)13-7-3-5-15-6-7/h7H,1-6H2,(H3,10,11)(H2,12,13,14). The molecule has 1 unspecified atom stereocenters. The lowest BCUT2D eigenvalue weighted by Crippen LogP contribution is -2.42. The van der Waals surface area contributed by atoms with Gasteiger partial charge >= 0.3 is 6.03 Å². The Kier molecular flexibility index (Phi) is 4.89. The molecule has 86 valence electrons. The lowest BCUT2D eigenvalue weighted by Gasteiger charge is -2.11. The number of nitrogens with two attached hydrogens (primary N) is 1. The van der Waals surface area contributed by atoms with Gasteiger partial charge in [-0.25, -0.2) is 4.79 Å². The average Bonchev–Trinajstić information content (AvgIpc) is 2.64. The Hall–Kier alpha value is -1.30. The Labute approximate surface area is 89.1 Å². The monoisotopic (exact) mass is 214 g/mol. The molecular weight excluding hydrogens is 196 g/mol. The molecule has 1 atom stereocenters. The van der Waals surface area contributed by atoms with Crippen molar-refractivity contribution in [1.82, 2.24) is 10.6 Å². The number of hydrogen-bond acceptors (Lipinski definition) is 3. The summed E-state index contributed by atoms with van der Waals surface area (Å²) in [5.74, 6) is 0.154. The Morgan fingerprint density at radius 1 is 1.60 bits per heavy atom. The third-order valence-electron chi connectivity index (χ3n) is 2.17. The highest BCUT2D eigenvalue weighted by Crippen LogP contribution is 2.02. The molecule has 0 radical (unpaired) electrons. The van der Waals surface area contributed by atoms with Crippen LogP contribution >= 0.6 is 0 Å². The predicted molar refractivity (Wildman–Crippen MR) is 56.9 cm³/mol. The van der Waals surface area contributed by atoms with Gasteiger partial charge in [-0.05, 0) is 12.8 Å². The van der Waals surface area contributed by atoms with Gasteiger partial charge in [0, 0.05) is 19.6 Å². The Morgan fingerprint density at radius 2 is 2.40 bits per heavy atom. The van der Waals surface area contributed by atoms with E-state index in [1.54, 1.807) is 0 Å². The summed E-state index contributed by atoms with van der Waals surface area (Å²) in [5, 5.41) is 12.5. The molecule has 0 bridgehead atoms. The second-order valence-electron chi connectivity index (χ2n) is 3.59. The maximum Gasteiger partial charge on any atom is 0.315 e. The number of carbonyl (C=O) groups excluding carboxylic acids is 1. The highest BCUT2D eigenvalue weighted by molar-refractivity contribution is 5.77. The zero-order valence-corrected chi connectivity index (χ0v) is 8.71. The predicted octanol–water partition coefficient (Wildman–Crippen LogP) is -0.209. The molecule has 5 N–H and O–H groups in total. The van der Waals surface area contributed by atoms with Gasteiger partial charge in [0.2, 0.25) is 0 Å². The van der Waals surface area contributed by atoms with Crippen molar-refractivity contribution in [3.63, 3.8) is 0 Å². The molecule has 0 aliphatic carbocycles. The summed E-state index contributed by atoms with van der Waals surface area (Å²) < 4.78 is 5.13. The largest absolute Gasteiger partial charge is 0.388 e. The first kappa shape index (κ1) is 11.8. The summed E-state index contributed by atoms with van der Waals surface area (Å²) in [6.07, 6.45) is 2.09.